The van der Waals surface area contributed by atoms with Crippen molar-refractivity contribution in [3.63, 3.8) is 0 Å². The van der Waals surface area contributed by atoms with E-state index in [4.69, 9.17) is 0 Å². The van der Waals surface area contributed by atoms with Gasteiger partial charge in [0.15, 0.2) is 0 Å². The fraction of sp³-hybridized carbons (Fsp3) is 0.214. The number of allylic oxidation sites excluding steroid dienone is 10. The molecule has 14 heavy (non-hydrogen) atoms. The third-order valence-electron chi connectivity index (χ3n) is 1.87. The van der Waals surface area contributed by atoms with Crippen LogP contribution in [0, 0.1) is 6.42 Å². The van der Waals surface area contributed by atoms with Crippen molar-refractivity contribution in [1.82, 2.24) is 0 Å². The first kappa shape index (κ1) is 10.8. The Morgan fingerprint density at radius 1 is 0.500 bits per heavy atom. The van der Waals surface area contributed by atoms with Crippen LogP contribution in [-0.4, -0.2) is 0 Å². The van der Waals surface area contributed by atoms with Gasteiger partial charge in [-0.25, -0.2) is 0 Å². The second kappa shape index (κ2) is 8.31. The van der Waals surface area contributed by atoms with Gasteiger partial charge in [0.05, 0.1) is 0 Å². The van der Waals surface area contributed by atoms with Crippen LogP contribution in [0.15, 0.2) is 60.8 Å². The molecule has 0 heterocycles. The Labute approximate surface area is 87.0 Å². The molecule has 0 aromatic carbocycles. The minimum absolute atomic E-state index is 1.00. The molecule has 0 saturated carbocycles. The summed E-state index contributed by atoms with van der Waals surface area (Å²) in [7, 11) is 0. The Hall–Kier alpha value is -1.30. The van der Waals surface area contributed by atoms with E-state index < -0.39 is 0 Å². The monoisotopic (exact) mass is 185 g/mol. The van der Waals surface area contributed by atoms with Gasteiger partial charge in [0.2, 0.25) is 0 Å². The molecular weight excluding hydrogens is 168 g/mol. The van der Waals surface area contributed by atoms with Gasteiger partial charge in [-0.1, -0.05) is 60.8 Å². The molecule has 0 N–H and O–H groups in total. The van der Waals surface area contributed by atoms with Crippen molar-refractivity contribution in [3.05, 3.63) is 67.2 Å². The lowest BCUT2D eigenvalue weighted by Gasteiger charge is -1.87. The van der Waals surface area contributed by atoms with E-state index in [0.29, 0.717) is 0 Å². The third-order valence-corrected chi connectivity index (χ3v) is 1.87. The zero-order chi connectivity index (χ0) is 9.90. The summed E-state index contributed by atoms with van der Waals surface area (Å²) < 4.78 is 0. The summed E-state index contributed by atoms with van der Waals surface area (Å²) in [5.41, 5.74) is 0. The average Bonchev–Trinajstić information content (AvgIpc) is 2.22. The van der Waals surface area contributed by atoms with Gasteiger partial charge in [0.1, 0.15) is 0 Å². The minimum Gasteiger partial charge on any atom is -0.0842 e. The number of hydrogen-bond donors (Lipinski definition) is 0. The second-order valence-electron chi connectivity index (χ2n) is 3.10. The maximum Gasteiger partial charge on any atom is -0.0130 e. The highest BCUT2D eigenvalue weighted by atomic mass is 13.8. The van der Waals surface area contributed by atoms with Crippen molar-refractivity contribution in [1.29, 1.82) is 0 Å². The van der Waals surface area contributed by atoms with Crippen LogP contribution in [0.3, 0.4) is 0 Å². The molecule has 0 heteroatoms. The minimum atomic E-state index is 1.00. The van der Waals surface area contributed by atoms with Crippen LogP contribution < -0.4 is 0 Å². The van der Waals surface area contributed by atoms with Gasteiger partial charge in [-0.2, -0.15) is 0 Å². The molecule has 0 saturated heterocycles. The molecule has 0 fully saturated rings. The highest BCUT2D eigenvalue weighted by Crippen LogP contribution is 1.97. The van der Waals surface area contributed by atoms with Crippen LogP contribution in [0.1, 0.15) is 19.3 Å². The molecule has 0 unspecified atom stereocenters. The number of rotatable bonds is 0. The van der Waals surface area contributed by atoms with Crippen molar-refractivity contribution in [3.8, 4) is 0 Å². The molecule has 0 bridgehead atoms. The summed E-state index contributed by atoms with van der Waals surface area (Å²) in [6, 6.07) is 0. The molecule has 0 aromatic heterocycles. The molecule has 73 valence electrons. The van der Waals surface area contributed by atoms with Crippen molar-refractivity contribution < 1.29 is 0 Å². The van der Waals surface area contributed by atoms with E-state index in [0.717, 1.165) is 19.3 Å². The molecule has 1 rings (SSSR count). The van der Waals surface area contributed by atoms with E-state index in [-0.39, 0.29) is 0 Å². The molecule has 0 nitrogen and oxygen atoms in total. The van der Waals surface area contributed by atoms with Crippen LogP contribution in [0.2, 0.25) is 0 Å². The Bertz CT molecular complexity index is 234. The van der Waals surface area contributed by atoms with E-state index >= 15 is 0 Å². The van der Waals surface area contributed by atoms with Gasteiger partial charge >= 0.3 is 0 Å². The van der Waals surface area contributed by atoms with Crippen LogP contribution in [0.5, 0.6) is 0 Å². The van der Waals surface area contributed by atoms with Crippen molar-refractivity contribution in [2.45, 2.75) is 19.3 Å². The summed E-state index contributed by atoms with van der Waals surface area (Å²) in [6.07, 6.45) is 26.5. The second-order valence-corrected chi connectivity index (χ2v) is 3.10. The normalized spacial score (nSPS) is 29.7. The van der Waals surface area contributed by atoms with Gasteiger partial charge in [-0.15, -0.1) is 0 Å². The molecule has 1 aliphatic rings. The van der Waals surface area contributed by atoms with E-state index in [2.05, 4.69) is 67.2 Å². The first-order valence-corrected chi connectivity index (χ1v) is 5.13. The molecule has 0 aromatic rings. The topological polar surface area (TPSA) is 0 Å². The lowest BCUT2D eigenvalue weighted by atomic mass is 10.2. The molecule has 0 spiro atoms. The largest absolute Gasteiger partial charge is 0.0842 e. The lowest BCUT2D eigenvalue weighted by Crippen LogP contribution is -1.67. The maximum atomic E-state index is 2.20. The van der Waals surface area contributed by atoms with Gasteiger partial charge in [0.25, 0.3) is 0 Å². The Morgan fingerprint density at radius 3 is 1.93 bits per heavy atom. The predicted octanol–water partition coefficient (Wildman–Crippen LogP) is 4.16. The van der Waals surface area contributed by atoms with Crippen LogP contribution in [0.4, 0.5) is 0 Å². The average molecular weight is 185 g/mol. The summed E-state index contributed by atoms with van der Waals surface area (Å²) in [5, 5.41) is 0. The van der Waals surface area contributed by atoms with Crippen LogP contribution in [0.25, 0.3) is 0 Å². The number of hydrogen-bond acceptors (Lipinski definition) is 0. The van der Waals surface area contributed by atoms with Crippen molar-refractivity contribution >= 4 is 0 Å². The van der Waals surface area contributed by atoms with Gasteiger partial charge in [-0.3, -0.25) is 0 Å². The quantitative estimate of drug-likeness (QED) is 0.531. The Kier molecular flexibility index (Phi) is 6.39. The highest BCUT2D eigenvalue weighted by molar-refractivity contribution is 5.15. The van der Waals surface area contributed by atoms with Crippen LogP contribution >= 0.6 is 0 Å². The smallest absolute Gasteiger partial charge is 0.0130 e. The zero-order valence-corrected chi connectivity index (χ0v) is 8.47. The Morgan fingerprint density at radius 2 is 1.07 bits per heavy atom. The molecule has 0 amide bonds. The van der Waals surface area contributed by atoms with E-state index in [1.807, 2.05) is 0 Å². The van der Waals surface area contributed by atoms with E-state index in [1.165, 1.54) is 0 Å². The standard InChI is InChI=1S/C14H17/c1-2-4-6-8-10-12-14-13-11-9-7-5-3-1/h1-7,10,12-14H,8-9,11H2/b3-1+,4-2+,7-5-,12-10+,14-13-. The summed E-state index contributed by atoms with van der Waals surface area (Å²) in [5.74, 6) is 0. The maximum absolute atomic E-state index is 2.20. The predicted molar refractivity (Wildman–Crippen MR) is 63.9 cm³/mol. The summed E-state index contributed by atoms with van der Waals surface area (Å²) in [4.78, 5) is 0. The van der Waals surface area contributed by atoms with E-state index in [9.17, 15) is 0 Å². The first-order valence-electron chi connectivity index (χ1n) is 5.13. The fourth-order valence-corrected chi connectivity index (χ4v) is 1.13. The molecular formula is C14H17. The zero-order valence-electron chi connectivity index (χ0n) is 8.47. The van der Waals surface area contributed by atoms with Crippen molar-refractivity contribution in [2.24, 2.45) is 0 Å². The van der Waals surface area contributed by atoms with Gasteiger partial charge in [0, 0.05) is 0 Å². The first-order chi connectivity index (χ1) is 7.00. The third kappa shape index (κ3) is 6.24. The van der Waals surface area contributed by atoms with Gasteiger partial charge < -0.3 is 0 Å². The highest BCUT2D eigenvalue weighted by Gasteiger charge is 1.77. The summed E-state index contributed by atoms with van der Waals surface area (Å²) >= 11 is 0. The van der Waals surface area contributed by atoms with Gasteiger partial charge in [-0.05, 0) is 25.7 Å². The van der Waals surface area contributed by atoms with E-state index in [1.54, 1.807) is 0 Å². The molecule has 0 atom stereocenters. The SMILES string of the molecule is [CH]1/C=C/C=C/C=C\CC/C=C\C=C\C1. The van der Waals surface area contributed by atoms with Crippen LogP contribution in [-0.2, 0) is 0 Å². The molecule has 0 aliphatic heterocycles. The Balaban J connectivity index is 2.45. The molecule has 1 aliphatic carbocycles. The molecule has 1 radical (unpaired) electrons. The summed E-state index contributed by atoms with van der Waals surface area (Å²) in [6.45, 7) is 0. The fourth-order valence-electron chi connectivity index (χ4n) is 1.13. The van der Waals surface area contributed by atoms with Crippen molar-refractivity contribution in [2.75, 3.05) is 0 Å². The lowest BCUT2D eigenvalue weighted by molar-refractivity contribution is 1.05.